The second kappa shape index (κ2) is 8.66. The van der Waals surface area contributed by atoms with Crippen LogP contribution < -0.4 is 0 Å². The van der Waals surface area contributed by atoms with Crippen molar-refractivity contribution in [2.75, 3.05) is 26.3 Å². The Bertz CT molecular complexity index is 190. The van der Waals surface area contributed by atoms with Gasteiger partial charge in [-0.05, 0) is 20.8 Å². The Labute approximate surface area is 92.4 Å². The molecule has 0 spiro atoms. The molecule has 0 amide bonds. The molecular formula is C11H22N2O2. The summed E-state index contributed by atoms with van der Waals surface area (Å²) in [5, 5.41) is 18.2. The van der Waals surface area contributed by atoms with Gasteiger partial charge >= 0.3 is 0 Å². The molecule has 0 aromatic carbocycles. The Balaban J connectivity index is 3.88. The molecule has 1 N–H and O–H groups in total. The summed E-state index contributed by atoms with van der Waals surface area (Å²) < 4.78 is 5.14. The van der Waals surface area contributed by atoms with E-state index in [0.29, 0.717) is 38.8 Å². The van der Waals surface area contributed by atoms with Gasteiger partial charge in [-0.25, -0.2) is 0 Å². The van der Waals surface area contributed by atoms with Crippen molar-refractivity contribution in [3.8, 4) is 6.07 Å². The van der Waals surface area contributed by atoms with Crippen LogP contribution in [0, 0.1) is 11.3 Å². The fraction of sp³-hybridized carbons (Fsp3) is 0.909. The molecule has 4 heteroatoms. The van der Waals surface area contributed by atoms with Crippen molar-refractivity contribution in [3.63, 3.8) is 0 Å². The lowest BCUT2D eigenvalue weighted by molar-refractivity contribution is 0.0157. The summed E-state index contributed by atoms with van der Waals surface area (Å²) in [7, 11) is 0. The smallest absolute Gasteiger partial charge is 0.0900 e. The summed E-state index contributed by atoms with van der Waals surface area (Å²) in [6.45, 7) is 8.29. The van der Waals surface area contributed by atoms with Crippen molar-refractivity contribution in [3.05, 3.63) is 0 Å². The second-order valence-corrected chi connectivity index (χ2v) is 3.81. The maximum atomic E-state index is 9.65. The highest BCUT2D eigenvalue weighted by Crippen LogP contribution is 2.01. The fourth-order valence-electron chi connectivity index (χ4n) is 1.33. The number of aliphatic hydroxyl groups is 1. The van der Waals surface area contributed by atoms with Gasteiger partial charge in [0, 0.05) is 32.2 Å². The molecule has 0 aromatic heterocycles. The molecule has 0 heterocycles. The maximum Gasteiger partial charge on any atom is 0.0900 e. The molecule has 0 rings (SSSR count). The van der Waals surface area contributed by atoms with Crippen LogP contribution in [0.15, 0.2) is 0 Å². The normalized spacial score (nSPS) is 13.1. The number of hydrogen-bond acceptors (Lipinski definition) is 4. The van der Waals surface area contributed by atoms with E-state index in [1.807, 2.05) is 6.92 Å². The number of hydrogen-bond donors (Lipinski definition) is 1. The van der Waals surface area contributed by atoms with Gasteiger partial charge in [0.05, 0.1) is 18.8 Å². The average Bonchev–Trinajstić information content (AvgIpc) is 2.20. The van der Waals surface area contributed by atoms with E-state index >= 15 is 0 Å². The minimum absolute atomic E-state index is 0.342. The molecule has 4 nitrogen and oxygen atoms in total. The van der Waals surface area contributed by atoms with Gasteiger partial charge in [0.2, 0.25) is 0 Å². The molecule has 88 valence electrons. The van der Waals surface area contributed by atoms with Crippen LogP contribution in [0.1, 0.15) is 27.2 Å². The van der Waals surface area contributed by atoms with Crippen LogP contribution in [0.5, 0.6) is 0 Å². The minimum atomic E-state index is -0.467. The molecule has 1 atom stereocenters. The summed E-state index contributed by atoms with van der Waals surface area (Å²) in [6.07, 6.45) is 0.0329. The van der Waals surface area contributed by atoms with Crippen LogP contribution in [0.25, 0.3) is 0 Å². The minimum Gasteiger partial charge on any atom is -0.389 e. The van der Waals surface area contributed by atoms with Gasteiger partial charge in [-0.3, -0.25) is 4.90 Å². The lowest BCUT2D eigenvalue weighted by atomic mass is 10.2. The Morgan fingerprint density at radius 1 is 1.47 bits per heavy atom. The van der Waals surface area contributed by atoms with Crippen LogP contribution in [0.2, 0.25) is 0 Å². The summed E-state index contributed by atoms with van der Waals surface area (Å²) in [5.74, 6) is 0. The SMILES string of the molecule is CCOCC(O)CN(CCC#N)C(C)C. The Morgan fingerprint density at radius 3 is 2.60 bits per heavy atom. The lowest BCUT2D eigenvalue weighted by Crippen LogP contribution is -2.39. The molecule has 0 bridgehead atoms. The molecule has 1 unspecified atom stereocenters. The van der Waals surface area contributed by atoms with E-state index in [0.717, 1.165) is 0 Å². The first-order valence-corrected chi connectivity index (χ1v) is 5.48. The quantitative estimate of drug-likeness (QED) is 0.655. The van der Waals surface area contributed by atoms with Crippen molar-refractivity contribution in [1.82, 2.24) is 4.90 Å². The average molecular weight is 214 g/mol. The highest BCUT2D eigenvalue weighted by Gasteiger charge is 2.14. The third-order valence-electron chi connectivity index (χ3n) is 2.20. The van der Waals surface area contributed by atoms with Crippen molar-refractivity contribution in [2.24, 2.45) is 0 Å². The van der Waals surface area contributed by atoms with Crippen molar-refractivity contribution in [2.45, 2.75) is 39.3 Å². The molecule has 0 fully saturated rings. The van der Waals surface area contributed by atoms with Crippen molar-refractivity contribution >= 4 is 0 Å². The van der Waals surface area contributed by atoms with Crippen molar-refractivity contribution in [1.29, 1.82) is 5.26 Å². The molecule has 0 aromatic rings. The molecule has 0 radical (unpaired) electrons. The first kappa shape index (κ1) is 14.4. The number of ether oxygens (including phenoxy) is 1. The lowest BCUT2D eigenvalue weighted by Gasteiger charge is -2.27. The molecule has 0 saturated heterocycles. The number of nitrogens with zero attached hydrogens (tertiary/aromatic N) is 2. The first-order chi connectivity index (χ1) is 7.11. The fourth-order valence-corrected chi connectivity index (χ4v) is 1.33. The third kappa shape index (κ3) is 7.32. The van der Waals surface area contributed by atoms with E-state index in [-0.39, 0.29) is 0 Å². The largest absolute Gasteiger partial charge is 0.389 e. The van der Waals surface area contributed by atoms with Crippen LogP contribution in [0.4, 0.5) is 0 Å². The standard InChI is InChI=1S/C11H22N2O2/c1-4-15-9-11(14)8-13(10(2)3)7-5-6-12/h10-11,14H,4-5,7-9H2,1-3H3. The van der Waals surface area contributed by atoms with Crippen LogP contribution in [-0.4, -0.2) is 48.5 Å². The number of rotatable bonds is 8. The monoisotopic (exact) mass is 214 g/mol. The van der Waals surface area contributed by atoms with Gasteiger partial charge in [-0.15, -0.1) is 0 Å². The molecule has 0 aliphatic rings. The van der Waals surface area contributed by atoms with Gasteiger partial charge in [0.1, 0.15) is 0 Å². The second-order valence-electron chi connectivity index (χ2n) is 3.81. The van der Waals surface area contributed by atoms with E-state index in [1.165, 1.54) is 0 Å². The Hall–Kier alpha value is -0.630. The number of aliphatic hydroxyl groups excluding tert-OH is 1. The predicted octanol–water partition coefficient (Wildman–Crippen LogP) is 1.01. The van der Waals surface area contributed by atoms with E-state index in [2.05, 4.69) is 24.8 Å². The van der Waals surface area contributed by atoms with Gasteiger partial charge in [-0.1, -0.05) is 0 Å². The van der Waals surface area contributed by atoms with E-state index in [4.69, 9.17) is 10.00 Å². The van der Waals surface area contributed by atoms with Crippen LogP contribution in [0.3, 0.4) is 0 Å². The zero-order valence-electron chi connectivity index (χ0n) is 9.94. The zero-order valence-corrected chi connectivity index (χ0v) is 9.94. The molecule has 0 aliphatic carbocycles. The van der Waals surface area contributed by atoms with Crippen LogP contribution >= 0.6 is 0 Å². The predicted molar refractivity (Wildman–Crippen MR) is 59.4 cm³/mol. The molecule has 0 saturated carbocycles. The Morgan fingerprint density at radius 2 is 2.13 bits per heavy atom. The summed E-state index contributed by atoms with van der Waals surface area (Å²) in [6, 6.07) is 2.46. The van der Waals surface area contributed by atoms with E-state index in [9.17, 15) is 5.11 Å². The zero-order chi connectivity index (χ0) is 11.7. The van der Waals surface area contributed by atoms with Gasteiger partial charge < -0.3 is 9.84 Å². The van der Waals surface area contributed by atoms with Gasteiger partial charge in [0.25, 0.3) is 0 Å². The van der Waals surface area contributed by atoms with E-state index in [1.54, 1.807) is 0 Å². The van der Waals surface area contributed by atoms with Crippen LogP contribution in [-0.2, 0) is 4.74 Å². The van der Waals surface area contributed by atoms with Crippen molar-refractivity contribution < 1.29 is 9.84 Å². The van der Waals surface area contributed by atoms with Gasteiger partial charge in [-0.2, -0.15) is 5.26 Å². The molecule has 15 heavy (non-hydrogen) atoms. The maximum absolute atomic E-state index is 9.65. The topological polar surface area (TPSA) is 56.5 Å². The highest BCUT2D eigenvalue weighted by atomic mass is 16.5. The summed E-state index contributed by atoms with van der Waals surface area (Å²) in [4.78, 5) is 2.09. The Kier molecular flexibility index (Phi) is 8.30. The molecular weight excluding hydrogens is 192 g/mol. The van der Waals surface area contributed by atoms with E-state index < -0.39 is 6.10 Å². The van der Waals surface area contributed by atoms with Gasteiger partial charge in [0.15, 0.2) is 0 Å². The highest BCUT2D eigenvalue weighted by molar-refractivity contribution is 4.75. The summed E-state index contributed by atoms with van der Waals surface area (Å²) >= 11 is 0. The molecule has 0 aliphatic heterocycles. The number of nitriles is 1. The summed E-state index contributed by atoms with van der Waals surface area (Å²) in [5.41, 5.74) is 0. The first-order valence-electron chi connectivity index (χ1n) is 5.48. The third-order valence-corrected chi connectivity index (χ3v) is 2.20.